The predicted molar refractivity (Wildman–Crippen MR) is 130 cm³/mol. The summed E-state index contributed by atoms with van der Waals surface area (Å²) >= 11 is 0. The second kappa shape index (κ2) is 9.14. The van der Waals surface area contributed by atoms with Gasteiger partial charge in [-0.05, 0) is 50.4 Å². The van der Waals surface area contributed by atoms with E-state index >= 15 is 0 Å². The third kappa shape index (κ3) is 3.95. The van der Waals surface area contributed by atoms with E-state index in [1.807, 2.05) is 55.3 Å². The maximum absolute atomic E-state index is 13.2. The van der Waals surface area contributed by atoms with E-state index < -0.39 is 17.3 Å². The SMILES string of the molecule is COc1c2c(cc3c1[C@@H](c1c(O)n([C@@H](C)CCc4ccccc4)c(=O)[nH]c1=O)N(C)CC3)OCO2. The number of nitrogens with zero attached hydrogens (tertiary/aromatic N) is 2. The lowest BCUT2D eigenvalue weighted by Crippen LogP contribution is -2.40. The van der Waals surface area contributed by atoms with E-state index in [2.05, 4.69) is 4.98 Å². The molecule has 2 aliphatic rings. The van der Waals surface area contributed by atoms with Crippen molar-refractivity contribution >= 4 is 0 Å². The lowest BCUT2D eigenvalue weighted by Gasteiger charge is -2.36. The molecule has 0 spiro atoms. The highest BCUT2D eigenvalue weighted by Gasteiger charge is 2.38. The van der Waals surface area contributed by atoms with Crippen LogP contribution >= 0.6 is 0 Å². The Hall–Kier alpha value is -3.72. The Morgan fingerprint density at radius 3 is 2.71 bits per heavy atom. The molecule has 2 atom stereocenters. The fourth-order valence-electron chi connectivity index (χ4n) is 5.15. The van der Waals surface area contributed by atoms with Crippen LogP contribution in [0.2, 0.25) is 0 Å². The van der Waals surface area contributed by atoms with Gasteiger partial charge in [0.1, 0.15) is 0 Å². The lowest BCUT2D eigenvalue weighted by atomic mass is 9.87. The number of rotatable bonds is 6. The largest absolute Gasteiger partial charge is 0.494 e. The van der Waals surface area contributed by atoms with Gasteiger partial charge in [0.25, 0.3) is 5.56 Å². The number of aromatic nitrogens is 2. The minimum Gasteiger partial charge on any atom is -0.494 e. The predicted octanol–water partition coefficient (Wildman–Crippen LogP) is 2.75. The van der Waals surface area contributed by atoms with Gasteiger partial charge in [0, 0.05) is 18.2 Å². The van der Waals surface area contributed by atoms with Gasteiger partial charge in [-0.25, -0.2) is 4.79 Å². The van der Waals surface area contributed by atoms with Gasteiger partial charge in [-0.1, -0.05) is 30.3 Å². The third-order valence-electron chi connectivity index (χ3n) is 6.96. The van der Waals surface area contributed by atoms with Gasteiger partial charge < -0.3 is 19.3 Å². The van der Waals surface area contributed by atoms with Crippen molar-refractivity contribution in [3.8, 4) is 23.1 Å². The second-order valence-corrected chi connectivity index (χ2v) is 9.09. The number of fused-ring (bicyclic) bond motifs is 2. The summed E-state index contributed by atoms with van der Waals surface area (Å²) in [6.07, 6.45) is 2.05. The molecule has 0 radical (unpaired) electrons. The zero-order chi connectivity index (χ0) is 24.7. The van der Waals surface area contributed by atoms with Crippen LogP contribution < -0.4 is 25.5 Å². The Kier molecular flexibility index (Phi) is 6.02. The molecule has 0 amide bonds. The molecule has 0 saturated heterocycles. The molecule has 0 aliphatic carbocycles. The van der Waals surface area contributed by atoms with Crippen LogP contribution in [0.1, 0.15) is 47.7 Å². The zero-order valence-corrected chi connectivity index (χ0v) is 20.0. The van der Waals surface area contributed by atoms with E-state index in [0.29, 0.717) is 36.6 Å². The molecule has 3 heterocycles. The molecule has 1 aromatic heterocycles. The number of benzene rings is 2. The summed E-state index contributed by atoms with van der Waals surface area (Å²) in [6.45, 7) is 2.59. The van der Waals surface area contributed by atoms with Gasteiger partial charge in [0.15, 0.2) is 11.5 Å². The summed E-state index contributed by atoms with van der Waals surface area (Å²) in [5.74, 6) is 1.22. The Balaban J connectivity index is 1.61. The summed E-state index contributed by atoms with van der Waals surface area (Å²) in [4.78, 5) is 30.4. The van der Waals surface area contributed by atoms with E-state index in [-0.39, 0.29) is 24.3 Å². The number of ether oxygens (including phenoxy) is 3. The van der Waals surface area contributed by atoms with Crippen LogP contribution in [0.25, 0.3) is 0 Å². The monoisotopic (exact) mass is 479 g/mol. The summed E-state index contributed by atoms with van der Waals surface area (Å²) < 4.78 is 18.2. The Labute approximate surface area is 202 Å². The Bertz CT molecular complexity index is 1360. The van der Waals surface area contributed by atoms with Crippen molar-refractivity contribution in [2.45, 2.75) is 38.3 Å². The topological polar surface area (TPSA) is 106 Å². The smallest absolute Gasteiger partial charge is 0.331 e. The molecule has 2 N–H and O–H groups in total. The number of nitrogens with one attached hydrogen (secondary N) is 1. The van der Waals surface area contributed by atoms with Gasteiger partial charge >= 0.3 is 5.69 Å². The number of hydrogen-bond donors (Lipinski definition) is 2. The number of likely N-dealkylation sites (N-methyl/N-ethyl adjacent to an activating group) is 1. The molecule has 35 heavy (non-hydrogen) atoms. The quantitative estimate of drug-likeness (QED) is 0.560. The first-order valence-corrected chi connectivity index (χ1v) is 11.7. The number of aromatic hydroxyl groups is 1. The fourth-order valence-corrected chi connectivity index (χ4v) is 5.15. The van der Waals surface area contributed by atoms with Crippen LogP contribution in [0, 0.1) is 0 Å². The number of methoxy groups -OCH3 is 1. The Morgan fingerprint density at radius 1 is 1.20 bits per heavy atom. The molecular formula is C26H29N3O6. The second-order valence-electron chi connectivity index (χ2n) is 9.09. The van der Waals surface area contributed by atoms with Crippen LogP contribution in [0.5, 0.6) is 23.1 Å². The van der Waals surface area contributed by atoms with Crippen molar-refractivity contribution < 1.29 is 19.3 Å². The first-order valence-electron chi connectivity index (χ1n) is 11.7. The van der Waals surface area contributed by atoms with E-state index in [1.165, 1.54) is 4.57 Å². The summed E-state index contributed by atoms with van der Waals surface area (Å²) in [5, 5.41) is 11.4. The number of aromatic amines is 1. The molecule has 2 aromatic carbocycles. The summed E-state index contributed by atoms with van der Waals surface area (Å²) in [5.41, 5.74) is 1.67. The average molecular weight is 480 g/mol. The molecular weight excluding hydrogens is 450 g/mol. The molecule has 9 nitrogen and oxygen atoms in total. The van der Waals surface area contributed by atoms with E-state index in [4.69, 9.17) is 14.2 Å². The lowest BCUT2D eigenvalue weighted by molar-refractivity contribution is 0.170. The van der Waals surface area contributed by atoms with Crippen molar-refractivity contribution in [2.75, 3.05) is 27.5 Å². The van der Waals surface area contributed by atoms with Gasteiger partial charge in [-0.2, -0.15) is 0 Å². The summed E-state index contributed by atoms with van der Waals surface area (Å²) in [6, 6.07) is 10.9. The minimum atomic E-state index is -0.639. The average Bonchev–Trinajstić information content (AvgIpc) is 3.31. The van der Waals surface area contributed by atoms with Gasteiger partial charge in [0.2, 0.25) is 18.4 Å². The zero-order valence-electron chi connectivity index (χ0n) is 20.0. The first-order chi connectivity index (χ1) is 16.9. The highest BCUT2D eigenvalue weighted by molar-refractivity contribution is 5.63. The first kappa shape index (κ1) is 23.0. The van der Waals surface area contributed by atoms with Crippen LogP contribution in [0.15, 0.2) is 46.0 Å². The number of hydrogen-bond acceptors (Lipinski definition) is 7. The molecule has 0 unspecified atom stereocenters. The van der Waals surface area contributed by atoms with Crippen molar-refractivity contribution in [3.05, 3.63) is 79.5 Å². The molecule has 5 rings (SSSR count). The van der Waals surface area contributed by atoms with Crippen LogP contribution in [0.3, 0.4) is 0 Å². The molecule has 0 bridgehead atoms. The molecule has 184 valence electrons. The van der Waals surface area contributed by atoms with Gasteiger partial charge in [-0.15, -0.1) is 0 Å². The highest BCUT2D eigenvalue weighted by Crippen LogP contribution is 2.51. The van der Waals surface area contributed by atoms with Crippen molar-refractivity contribution in [3.63, 3.8) is 0 Å². The molecule has 0 saturated carbocycles. The molecule has 0 fully saturated rings. The number of aryl methyl sites for hydroxylation is 1. The Morgan fingerprint density at radius 2 is 1.97 bits per heavy atom. The highest BCUT2D eigenvalue weighted by atomic mass is 16.7. The van der Waals surface area contributed by atoms with Crippen LogP contribution in [-0.2, 0) is 12.8 Å². The van der Waals surface area contributed by atoms with E-state index in [9.17, 15) is 14.7 Å². The fraction of sp³-hybridized carbons (Fsp3) is 0.385. The van der Waals surface area contributed by atoms with E-state index in [0.717, 1.165) is 23.1 Å². The van der Waals surface area contributed by atoms with Crippen LogP contribution in [0.4, 0.5) is 0 Å². The molecule has 2 aliphatic heterocycles. The molecule has 3 aromatic rings. The summed E-state index contributed by atoms with van der Waals surface area (Å²) in [7, 11) is 3.42. The van der Waals surface area contributed by atoms with E-state index in [1.54, 1.807) is 7.11 Å². The maximum atomic E-state index is 13.2. The van der Waals surface area contributed by atoms with Gasteiger partial charge in [-0.3, -0.25) is 19.2 Å². The van der Waals surface area contributed by atoms with Crippen LogP contribution in [-0.4, -0.2) is 47.1 Å². The minimum absolute atomic E-state index is 0.0880. The maximum Gasteiger partial charge on any atom is 0.331 e. The van der Waals surface area contributed by atoms with Crippen molar-refractivity contribution in [2.24, 2.45) is 0 Å². The normalized spacial score (nSPS) is 17.7. The number of H-pyrrole nitrogens is 1. The van der Waals surface area contributed by atoms with Crippen molar-refractivity contribution in [1.82, 2.24) is 14.5 Å². The van der Waals surface area contributed by atoms with Gasteiger partial charge in [0.05, 0.1) is 18.7 Å². The standard InChI is InChI=1S/C26H29N3O6/c1-15(9-10-16-7-5-4-6-8-16)29-25(31)20(24(30)27-26(29)32)21-19-17(11-12-28(21)2)13-18-22(23(19)33-3)35-14-34-18/h4-8,13,15,21,31H,9-12,14H2,1-3H3,(H,27,30,32)/t15-,21-/m0/s1. The third-order valence-corrected chi connectivity index (χ3v) is 6.96. The molecule has 9 heteroatoms. The van der Waals surface area contributed by atoms with Crippen molar-refractivity contribution in [1.29, 1.82) is 0 Å².